The second-order valence-corrected chi connectivity index (χ2v) is 8.85. The summed E-state index contributed by atoms with van der Waals surface area (Å²) in [6, 6.07) is 12.7. The van der Waals surface area contributed by atoms with Crippen LogP contribution < -0.4 is 0 Å². The van der Waals surface area contributed by atoms with E-state index < -0.39 is 15.4 Å². The van der Waals surface area contributed by atoms with Gasteiger partial charge < -0.3 is 0 Å². The topological polar surface area (TPSA) is 39.1 Å². The molecule has 3 rings (SSSR count). The Labute approximate surface area is 141 Å². The van der Waals surface area contributed by atoms with Gasteiger partial charge in [-0.3, -0.25) is 0 Å². The summed E-state index contributed by atoms with van der Waals surface area (Å²) in [6.45, 7) is 7.74. The van der Waals surface area contributed by atoms with E-state index in [-0.39, 0.29) is 10.7 Å². The van der Waals surface area contributed by atoms with Crippen LogP contribution >= 0.6 is 0 Å². The molecule has 3 nitrogen and oxygen atoms in total. The van der Waals surface area contributed by atoms with Crippen LogP contribution in [-0.4, -0.2) is 12.4 Å². The zero-order valence-corrected chi connectivity index (χ0v) is 15.0. The van der Waals surface area contributed by atoms with Crippen molar-refractivity contribution in [1.82, 2.24) is 3.97 Å². The summed E-state index contributed by atoms with van der Waals surface area (Å²) in [5.41, 5.74) is 1.70. The van der Waals surface area contributed by atoms with Crippen molar-refractivity contribution in [3.63, 3.8) is 0 Å². The van der Waals surface area contributed by atoms with Gasteiger partial charge in [-0.15, -0.1) is 0 Å². The van der Waals surface area contributed by atoms with E-state index in [1.165, 1.54) is 22.2 Å². The first-order valence-electron chi connectivity index (χ1n) is 7.74. The minimum Gasteiger partial charge on any atom is -0.237 e. The van der Waals surface area contributed by atoms with Gasteiger partial charge in [0.1, 0.15) is 5.82 Å². The van der Waals surface area contributed by atoms with Crippen LogP contribution in [0.1, 0.15) is 32.0 Å². The number of fused-ring (bicyclic) bond motifs is 1. The summed E-state index contributed by atoms with van der Waals surface area (Å²) in [5, 5.41) is 0.579. The molecule has 0 unspecified atom stereocenters. The molecule has 2 aromatic carbocycles. The lowest BCUT2D eigenvalue weighted by molar-refractivity contribution is 0.547. The van der Waals surface area contributed by atoms with Crippen LogP contribution in [-0.2, 0) is 15.4 Å². The largest absolute Gasteiger partial charge is 0.268 e. The van der Waals surface area contributed by atoms with Crippen molar-refractivity contribution in [2.24, 2.45) is 0 Å². The SMILES string of the molecule is Cc1ccc(S(=O)(=O)n2c(C(C)(C)C)cc3cc(F)ccc32)cc1. The van der Waals surface area contributed by atoms with Crippen LogP contribution in [0.15, 0.2) is 53.4 Å². The fraction of sp³-hybridized carbons (Fsp3) is 0.263. The first kappa shape index (κ1) is 16.7. The molecule has 0 spiro atoms. The minimum atomic E-state index is -3.77. The number of rotatable bonds is 2. The van der Waals surface area contributed by atoms with Gasteiger partial charge in [0.2, 0.25) is 0 Å². The van der Waals surface area contributed by atoms with Crippen molar-refractivity contribution in [1.29, 1.82) is 0 Å². The average molecular weight is 345 g/mol. The highest BCUT2D eigenvalue weighted by Crippen LogP contribution is 2.33. The van der Waals surface area contributed by atoms with E-state index in [2.05, 4.69) is 0 Å². The summed E-state index contributed by atoms with van der Waals surface area (Å²) >= 11 is 0. The normalized spacial score (nSPS) is 12.7. The molecule has 0 aliphatic rings. The molecule has 0 amide bonds. The van der Waals surface area contributed by atoms with Gasteiger partial charge in [-0.05, 0) is 43.3 Å². The lowest BCUT2D eigenvalue weighted by Crippen LogP contribution is -2.23. The van der Waals surface area contributed by atoms with Crippen LogP contribution in [0.5, 0.6) is 0 Å². The molecule has 0 fully saturated rings. The average Bonchev–Trinajstić information content (AvgIpc) is 2.87. The van der Waals surface area contributed by atoms with Crippen molar-refractivity contribution in [3.05, 3.63) is 65.6 Å². The molecule has 5 heteroatoms. The fourth-order valence-electron chi connectivity index (χ4n) is 2.76. The molecular weight excluding hydrogens is 325 g/mol. The summed E-state index contributed by atoms with van der Waals surface area (Å²) in [6.07, 6.45) is 0. The molecule has 0 bridgehead atoms. The van der Waals surface area contributed by atoms with E-state index in [0.29, 0.717) is 16.6 Å². The highest BCUT2D eigenvalue weighted by Gasteiger charge is 2.28. The van der Waals surface area contributed by atoms with Crippen LogP contribution in [0.3, 0.4) is 0 Å². The van der Waals surface area contributed by atoms with Gasteiger partial charge in [0.25, 0.3) is 10.0 Å². The number of hydrogen-bond acceptors (Lipinski definition) is 2. The Kier molecular flexibility index (Phi) is 3.79. The maximum absolute atomic E-state index is 13.6. The Morgan fingerprint density at radius 3 is 2.17 bits per heavy atom. The van der Waals surface area contributed by atoms with Crippen LogP contribution in [0, 0.1) is 12.7 Å². The molecule has 0 aliphatic heterocycles. The quantitative estimate of drug-likeness (QED) is 0.679. The van der Waals surface area contributed by atoms with E-state index in [9.17, 15) is 12.8 Å². The molecule has 0 radical (unpaired) electrons. The van der Waals surface area contributed by atoms with Crippen molar-refractivity contribution < 1.29 is 12.8 Å². The van der Waals surface area contributed by atoms with Crippen molar-refractivity contribution in [2.45, 2.75) is 38.0 Å². The molecule has 0 saturated heterocycles. The van der Waals surface area contributed by atoms with Gasteiger partial charge in [-0.1, -0.05) is 38.5 Å². The first-order chi connectivity index (χ1) is 11.1. The number of hydrogen-bond donors (Lipinski definition) is 0. The standard InChI is InChI=1S/C19H20FNO2S/c1-13-5-8-16(9-6-13)24(22,23)21-17-10-7-15(20)11-14(17)12-18(21)19(2,3)4/h5-12H,1-4H3. The number of aryl methyl sites for hydroxylation is 1. The number of nitrogens with zero attached hydrogens (tertiary/aromatic N) is 1. The van der Waals surface area contributed by atoms with Gasteiger partial charge in [-0.25, -0.2) is 16.8 Å². The third-order valence-corrected chi connectivity index (χ3v) is 5.79. The highest BCUT2D eigenvalue weighted by molar-refractivity contribution is 7.90. The van der Waals surface area contributed by atoms with Crippen molar-refractivity contribution >= 4 is 20.9 Å². The summed E-state index contributed by atoms with van der Waals surface area (Å²) in [4.78, 5) is 0.223. The maximum Gasteiger partial charge on any atom is 0.268 e. The number of benzene rings is 2. The Bertz CT molecular complexity index is 1010. The zero-order valence-electron chi connectivity index (χ0n) is 14.2. The number of aromatic nitrogens is 1. The third-order valence-electron chi connectivity index (χ3n) is 4.05. The molecule has 1 aromatic heterocycles. The fourth-order valence-corrected chi connectivity index (χ4v) is 4.46. The molecule has 24 heavy (non-hydrogen) atoms. The second-order valence-electron chi connectivity index (χ2n) is 7.07. The van der Waals surface area contributed by atoms with Crippen LogP contribution in [0.25, 0.3) is 10.9 Å². The van der Waals surface area contributed by atoms with Gasteiger partial charge in [-0.2, -0.15) is 0 Å². The van der Waals surface area contributed by atoms with Gasteiger partial charge >= 0.3 is 0 Å². The Hall–Kier alpha value is -2.14. The van der Waals surface area contributed by atoms with E-state index in [4.69, 9.17) is 0 Å². The minimum absolute atomic E-state index is 0.223. The monoisotopic (exact) mass is 345 g/mol. The molecule has 126 valence electrons. The predicted octanol–water partition coefficient (Wildman–Crippen LogP) is 4.62. The van der Waals surface area contributed by atoms with E-state index in [1.807, 2.05) is 27.7 Å². The lowest BCUT2D eigenvalue weighted by atomic mass is 9.92. The Morgan fingerprint density at radius 1 is 0.958 bits per heavy atom. The van der Waals surface area contributed by atoms with Gasteiger partial charge in [0.15, 0.2) is 0 Å². The molecule has 0 saturated carbocycles. The van der Waals surface area contributed by atoms with Gasteiger partial charge in [0, 0.05) is 16.5 Å². The summed E-state index contributed by atoms with van der Waals surface area (Å²) in [7, 11) is -3.77. The summed E-state index contributed by atoms with van der Waals surface area (Å²) in [5.74, 6) is -0.382. The first-order valence-corrected chi connectivity index (χ1v) is 9.18. The molecule has 0 N–H and O–H groups in total. The molecule has 0 aliphatic carbocycles. The van der Waals surface area contributed by atoms with Gasteiger partial charge in [0.05, 0.1) is 10.4 Å². The maximum atomic E-state index is 13.6. The summed E-state index contributed by atoms with van der Waals surface area (Å²) < 4.78 is 41.4. The highest BCUT2D eigenvalue weighted by atomic mass is 32.2. The number of halogens is 1. The van der Waals surface area contributed by atoms with E-state index in [0.717, 1.165) is 5.56 Å². The predicted molar refractivity (Wildman–Crippen MR) is 94.4 cm³/mol. The molecule has 0 atom stereocenters. The van der Waals surface area contributed by atoms with E-state index in [1.54, 1.807) is 30.3 Å². The molecule has 1 heterocycles. The molecule has 3 aromatic rings. The second kappa shape index (κ2) is 5.45. The zero-order chi connectivity index (χ0) is 17.7. The Morgan fingerprint density at radius 2 is 1.58 bits per heavy atom. The van der Waals surface area contributed by atoms with Crippen LogP contribution in [0.2, 0.25) is 0 Å². The lowest BCUT2D eigenvalue weighted by Gasteiger charge is -2.22. The van der Waals surface area contributed by atoms with Crippen molar-refractivity contribution in [2.75, 3.05) is 0 Å². The van der Waals surface area contributed by atoms with E-state index >= 15 is 0 Å². The van der Waals surface area contributed by atoms with Crippen LogP contribution in [0.4, 0.5) is 4.39 Å². The van der Waals surface area contributed by atoms with Crippen molar-refractivity contribution in [3.8, 4) is 0 Å². The smallest absolute Gasteiger partial charge is 0.237 e. The Balaban J connectivity index is 2.37. The third kappa shape index (κ3) is 2.73. The molecular formula is C19H20FNO2S.